The van der Waals surface area contributed by atoms with Crippen molar-refractivity contribution >= 4 is 6.03 Å². The van der Waals surface area contributed by atoms with E-state index in [0.29, 0.717) is 18.0 Å². The number of carbonyl (C=O) groups excluding carboxylic acids is 1. The molecule has 2 aliphatic rings. The number of rotatable bonds is 1. The van der Waals surface area contributed by atoms with Crippen LogP contribution < -0.4 is 0 Å². The second-order valence-electron chi connectivity index (χ2n) is 5.15. The molecule has 2 aliphatic heterocycles. The van der Waals surface area contributed by atoms with Crippen LogP contribution in [0.15, 0.2) is 12.7 Å². The van der Waals surface area contributed by atoms with Gasteiger partial charge in [-0.1, -0.05) is 0 Å². The molecule has 0 N–H and O–H groups in total. The van der Waals surface area contributed by atoms with Gasteiger partial charge in [-0.25, -0.2) is 9.78 Å². The van der Waals surface area contributed by atoms with Crippen LogP contribution in [0, 0.1) is 5.92 Å². The fraction of sp³-hybridized carbons (Fsp3) is 0.727. The molecule has 1 amide bonds. The van der Waals surface area contributed by atoms with Crippen molar-refractivity contribution in [2.75, 3.05) is 19.6 Å². The van der Waals surface area contributed by atoms with E-state index in [1.54, 1.807) is 0 Å². The minimum atomic E-state index is -0.0469. The number of likely N-dealkylation sites (tertiary alicyclic amines) is 2. The molecule has 0 saturated carbocycles. The van der Waals surface area contributed by atoms with Gasteiger partial charge < -0.3 is 4.90 Å². The molecule has 6 heteroatoms. The molecule has 1 aromatic heterocycles. The van der Waals surface area contributed by atoms with E-state index in [-0.39, 0.29) is 6.03 Å². The molecule has 6 nitrogen and oxygen atoms in total. The summed E-state index contributed by atoms with van der Waals surface area (Å²) in [6.07, 6.45) is 2.86. The van der Waals surface area contributed by atoms with Gasteiger partial charge in [0.25, 0.3) is 0 Å². The molecule has 92 valence electrons. The summed E-state index contributed by atoms with van der Waals surface area (Å²) >= 11 is 0. The molecule has 0 aromatic carbocycles. The van der Waals surface area contributed by atoms with Crippen molar-refractivity contribution in [3.05, 3.63) is 12.7 Å². The Morgan fingerprint density at radius 2 is 2.18 bits per heavy atom. The molecule has 0 bridgehead atoms. The Bertz CT molecular complexity index is 416. The highest BCUT2D eigenvalue weighted by molar-refractivity contribution is 5.77. The Morgan fingerprint density at radius 1 is 1.35 bits per heavy atom. The first-order chi connectivity index (χ1) is 8.16. The lowest BCUT2D eigenvalue weighted by atomic mass is 9.93. The zero-order valence-corrected chi connectivity index (χ0v) is 10.2. The van der Waals surface area contributed by atoms with Gasteiger partial charge in [0.2, 0.25) is 0 Å². The van der Waals surface area contributed by atoms with Gasteiger partial charge in [0, 0.05) is 31.6 Å². The first-order valence-corrected chi connectivity index (χ1v) is 6.06. The van der Waals surface area contributed by atoms with Crippen molar-refractivity contribution in [3.63, 3.8) is 0 Å². The quantitative estimate of drug-likeness (QED) is 0.701. The van der Waals surface area contributed by atoms with Gasteiger partial charge in [-0.2, -0.15) is 9.78 Å². The van der Waals surface area contributed by atoms with E-state index in [1.807, 2.05) is 4.90 Å². The maximum absolute atomic E-state index is 12.1. The van der Waals surface area contributed by atoms with Crippen LogP contribution in [0.1, 0.15) is 13.8 Å². The van der Waals surface area contributed by atoms with Crippen molar-refractivity contribution in [1.82, 2.24) is 24.6 Å². The van der Waals surface area contributed by atoms with E-state index >= 15 is 0 Å². The summed E-state index contributed by atoms with van der Waals surface area (Å²) in [6.45, 7) is 7.36. The van der Waals surface area contributed by atoms with Crippen LogP contribution in [0.3, 0.4) is 0 Å². The third-order valence-corrected chi connectivity index (χ3v) is 3.86. The molecule has 2 fully saturated rings. The highest BCUT2D eigenvalue weighted by Gasteiger charge is 2.48. The van der Waals surface area contributed by atoms with Crippen LogP contribution in [0.4, 0.5) is 4.79 Å². The van der Waals surface area contributed by atoms with E-state index in [2.05, 4.69) is 28.8 Å². The summed E-state index contributed by atoms with van der Waals surface area (Å²) in [5.41, 5.74) is 0. The molecule has 0 spiro atoms. The van der Waals surface area contributed by atoms with Crippen LogP contribution >= 0.6 is 0 Å². The van der Waals surface area contributed by atoms with E-state index in [1.165, 1.54) is 17.3 Å². The third kappa shape index (κ3) is 1.63. The largest absolute Gasteiger partial charge is 0.346 e. The van der Waals surface area contributed by atoms with Gasteiger partial charge in [-0.15, -0.1) is 0 Å². The lowest BCUT2D eigenvalue weighted by molar-refractivity contribution is 0.0820. The lowest BCUT2D eigenvalue weighted by Gasteiger charge is -2.42. The molecule has 0 aliphatic carbocycles. The van der Waals surface area contributed by atoms with Gasteiger partial charge in [-0.05, 0) is 13.8 Å². The molecular weight excluding hydrogens is 218 g/mol. The van der Waals surface area contributed by atoms with Crippen LogP contribution in [0.25, 0.3) is 0 Å². The number of hydrogen-bond donors (Lipinski definition) is 0. The number of hydrogen-bond acceptors (Lipinski definition) is 4. The van der Waals surface area contributed by atoms with E-state index in [4.69, 9.17) is 0 Å². The zero-order chi connectivity index (χ0) is 12.0. The van der Waals surface area contributed by atoms with Crippen molar-refractivity contribution in [1.29, 1.82) is 0 Å². The molecule has 3 heterocycles. The Kier molecular flexibility index (Phi) is 2.39. The molecule has 3 rings (SSSR count). The van der Waals surface area contributed by atoms with Crippen LogP contribution in [-0.4, -0.2) is 62.3 Å². The maximum Gasteiger partial charge on any atom is 0.346 e. The zero-order valence-electron chi connectivity index (χ0n) is 10.2. The number of carbonyl (C=O) groups is 1. The van der Waals surface area contributed by atoms with Crippen molar-refractivity contribution in [3.8, 4) is 0 Å². The average Bonchev–Trinajstić information content (AvgIpc) is 2.87. The van der Waals surface area contributed by atoms with Crippen molar-refractivity contribution in [2.45, 2.75) is 25.9 Å². The second-order valence-corrected chi connectivity index (χ2v) is 5.15. The fourth-order valence-corrected chi connectivity index (χ4v) is 2.75. The molecular formula is C11H17N5O. The Balaban J connectivity index is 1.68. The summed E-state index contributed by atoms with van der Waals surface area (Å²) in [6, 6.07) is 0.882. The molecule has 2 saturated heterocycles. The standard InChI is InChI=1S/C11H17N5O/c1-8(2)14-3-9-4-15(10(9)5-14)11(17)16-7-12-6-13-16/h6-10H,3-5H2,1-2H3. The molecule has 0 radical (unpaired) electrons. The first kappa shape index (κ1) is 10.7. The van der Waals surface area contributed by atoms with Gasteiger partial charge in [0.1, 0.15) is 12.7 Å². The minimum absolute atomic E-state index is 0.0469. The first-order valence-electron chi connectivity index (χ1n) is 6.06. The van der Waals surface area contributed by atoms with E-state index in [9.17, 15) is 4.79 Å². The summed E-state index contributed by atoms with van der Waals surface area (Å²) < 4.78 is 1.31. The number of aromatic nitrogens is 3. The Morgan fingerprint density at radius 3 is 2.82 bits per heavy atom. The summed E-state index contributed by atoms with van der Waals surface area (Å²) in [4.78, 5) is 20.2. The van der Waals surface area contributed by atoms with Gasteiger partial charge >= 0.3 is 6.03 Å². The van der Waals surface area contributed by atoms with Gasteiger partial charge in [0.05, 0.1) is 6.04 Å². The van der Waals surface area contributed by atoms with Crippen molar-refractivity contribution in [2.24, 2.45) is 5.92 Å². The SMILES string of the molecule is CC(C)N1CC2CN(C(=O)n3cncn3)C2C1. The fourth-order valence-electron chi connectivity index (χ4n) is 2.75. The van der Waals surface area contributed by atoms with E-state index in [0.717, 1.165) is 19.6 Å². The smallest absolute Gasteiger partial charge is 0.318 e. The lowest BCUT2D eigenvalue weighted by Crippen LogP contribution is -2.59. The highest BCUT2D eigenvalue weighted by atomic mass is 16.2. The van der Waals surface area contributed by atoms with Crippen LogP contribution in [0.5, 0.6) is 0 Å². The number of amides is 1. The average molecular weight is 235 g/mol. The molecule has 1 aromatic rings. The van der Waals surface area contributed by atoms with Gasteiger partial charge in [0.15, 0.2) is 0 Å². The number of fused-ring (bicyclic) bond motifs is 1. The van der Waals surface area contributed by atoms with Gasteiger partial charge in [-0.3, -0.25) is 4.90 Å². The minimum Gasteiger partial charge on any atom is -0.318 e. The molecule has 2 atom stereocenters. The molecule has 17 heavy (non-hydrogen) atoms. The van der Waals surface area contributed by atoms with Crippen LogP contribution in [0.2, 0.25) is 0 Å². The van der Waals surface area contributed by atoms with E-state index < -0.39 is 0 Å². The summed E-state index contributed by atoms with van der Waals surface area (Å²) in [5.74, 6) is 0.643. The Hall–Kier alpha value is -1.43. The van der Waals surface area contributed by atoms with Crippen LogP contribution in [-0.2, 0) is 0 Å². The van der Waals surface area contributed by atoms with Crippen molar-refractivity contribution < 1.29 is 4.79 Å². The Labute approximate surface area is 100 Å². The maximum atomic E-state index is 12.1. The monoisotopic (exact) mass is 235 g/mol. The topological polar surface area (TPSA) is 54.3 Å². The normalized spacial score (nSPS) is 28.3. The predicted octanol–water partition coefficient (Wildman–Crippen LogP) is 0.271. The third-order valence-electron chi connectivity index (χ3n) is 3.86. The summed E-state index contributed by atoms with van der Waals surface area (Å²) in [7, 11) is 0. The summed E-state index contributed by atoms with van der Waals surface area (Å²) in [5, 5.41) is 3.89. The molecule has 2 unspecified atom stereocenters. The number of nitrogens with zero attached hydrogens (tertiary/aromatic N) is 5. The predicted molar refractivity (Wildman–Crippen MR) is 61.5 cm³/mol. The highest BCUT2D eigenvalue weighted by Crippen LogP contribution is 2.33. The second kappa shape index (κ2) is 3.80.